The van der Waals surface area contributed by atoms with Gasteiger partial charge in [-0.05, 0) is 85.1 Å². The minimum atomic E-state index is -0.0353. The van der Waals surface area contributed by atoms with Gasteiger partial charge in [0, 0.05) is 11.8 Å². The van der Waals surface area contributed by atoms with E-state index in [9.17, 15) is 4.79 Å². The molecule has 2 saturated carbocycles. The fourth-order valence-electron chi connectivity index (χ4n) is 6.37. The highest BCUT2D eigenvalue weighted by Gasteiger charge is 2.54. The van der Waals surface area contributed by atoms with E-state index in [1.165, 1.54) is 29.5 Å². The molecule has 4 unspecified atom stereocenters. The summed E-state index contributed by atoms with van der Waals surface area (Å²) < 4.78 is 6.18. The van der Waals surface area contributed by atoms with Gasteiger partial charge in [0.2, 0.25) is 0 Å². The maximum absolute atomic E-state index is 12.5. The minimum absolute atomic E-state index is 0.0353. The van der Waals surface area contributed by atoms with Crippen molar-refractivity contribution < 1.29 is 9.53 Å². The van der Waals surface area contributed by atoms with Crippen molar-refractivity contribution in [2.24, 2.45) is 17.3 Å². The molecule has 2 nitrogen and oxygen atoms in total. The molecule has 146 valence electrons. The van der Waals surface area contributed by atoms with Crippen LogP contribution in [0.5, 0.6) is 5.75 Å². The van der Waals surface area contributed by atoms with Crippen molar-refractivity contribution in [1.82, 2.24) is 0 Å². The molecule has 0 amide bonds. The Morgan fingerprint density at radius 2 is 1.89 bits per heavy atom. The highest BCUT2D eigenvalue weighted by Crippen LogP contribution is 2.59. The van der Waals surface area contributed by atoms with Crippen LogP contribution in [0.25, 0.3) is 0 Å². The number of ketones is 1. The summed E-state index contributed by atoms with van der Waals surface area (Å²) in [7, 11) is 0. The Kier molecular flexibility index (Phi) is 4.34. The lowest BCUT2D eigenvalue weighted by molar-refractivity contribution is -0.129. The van der Waals surface area contributed by atoms with Crippen LogP contribution in [0, 0.1) is 24.2 Å². The average Bonchev–Trinajstić information content (AvgIpc) is 3.02. The molecule has 3 aliphatic carbocycles. The molecule has 2 aromatic carbocycles. The monoisotopic (exact) mass is 374 g/mol. The molecule has 0 radical (unpaired) electrons. The summed E-state index contributed by atoms with van der Waals surface area (Å²) in [6.07, 6.45) is 6.51. The molecule has 0 heterocycles. The zero-order valence-corrected chi connectivity index (χ0v) is 17.0. The van der Waals surface area contributed by atoms with Crippen LogP contribution < -0.4 is 4.74 Å². The van der Waals surface area contributed by atoms with E-state index in [4.69, 9.17) is 4.74 Å². The van der Waals surface area contributed by atoms with E-state index in [0.29, 0.717) is 30.1 Å². The Morgan fingerprint density at radius 3 is 2.71 bits per heavy atom. The molecular formula is C26H30O2. The first-order valence-corrected chi connectivity index (χ1v) is 10.9. The van der Waals surface area contributed by atoms with E-state index in [2.05, 4.69) is 50.2 Å². The molecule has 2 aromatic rings. The van der Waals surface area contributed by atoms with Crippen molar-refractivity contribution >= 4 is 5.78 Å². The molecule has 2 heteroatoms. The van der Waals surface area contributed by atoms with Crippen LogP contribution in [-0.4, -0.2) is 5.78 Å². The van der Waals surface area contributed by atoms with Gasteiger partial charge in [-0.15, -0.1) is 0 Å². The number of hydrogen-bond donors (Lipinski definition) is 0. The van der Waals surface area contributed by atoms with Gasteiger partial charge in [0.15, 0.2) is 0 Å². The van der Waals surface area contributed by atoms with Gasteiger partial charge < -0.3 is 4.74 Å². The van der Waals surface area contributed by atoms with Gasteiger partial charge in [0.25, 0.3) is 0 Å². The van der Waals surface area contributed by atoms with Gasteiger partial charge in [-0.2, -0.15) is 0 Å². The predicted octanol–water partition coefficient (Wildman–Crippen LogP) is 6.00. The first-order chi connectivity index (χ1) is 13.6. The second kappa shape index (κ2) is 6.76. The van der Waals surface area contributed by atoms with Crippen LogP contribution in [0.3, 0.4) is 0 Å². The number of ether oxygens (including phenoxy) is 1. The summed E-state index contributed by atoms with van der Waals surface area (Å²) >= 11 is 0. The van der Waals surface area contributed by atoms with Crippen molar-refractivity contribution in [2.45, 2.75) is 64.9 Å². The Bertz CT molecular complexity index is 900. The minimum Gasteiger partial charge on any atom is -0.489 e. The van der Waals surface area contributed by atoms with Crippen LogP contribution in [-0.2, 0) is 17.8 Å². The molecule has 0 aromatic heterocycles. The highest BCUT2D eigenvalue weighted by atomic mass is 16.5. The SMILES string of the molecule is Cc1cc2c(cc1OCc1ccccc1)CCC1C2CCC2(C)C(=O)CCC12. The van der Waals surface area contributed by atoms with Crippen molar-refractivity contribution in [3.8, 4) is 5.75 Å². The number of fused-ring (bicyclic) bond motifs is 5. The molecule has 0 N–H and O–H groups in total. The Labute approximate surface area is 168 Å². The smallest absolute Gasteiger partial charge is 0.139 e. The summed E-state index contributed by atoms with van der Waals surface area (Å²) in [5, 5.41) is 0. The number of carbonyl (C=O) groups is 1. The Balaban J connectivity index is 1.40. The maximum atomic E-state index is 12.5. The zero-order valence-electron chi connectivity index (χ0n) is 17.0. The number of benzene rings is 2. The summed E-state index contributed by atoms with van der Waals surface area (Å²) in [5.74, 6) is 3.48. The van der Waals surface area contributed by atoms with Crippen molar-refractivity contribution in [3.05, 3.63) is 64.7 Å². The third-order valence-electron chi connectivity index (χ3n) is 7.97. The summed E-state index contributed by atoms with van der Waals surface area (Å²) in [6, 6.07) is 15.1. The lowest BCUT2D eigenvalue weighted by atomic mass is 9.55. The van der Waals surface area contributed by atoms with Crippen molar-refractivity contribution in [1.29, 1.82) is 0 Å². The second-order valence-corrected chi connectivity index (χ2v) is 9.42. The van der Waals surface area contributed by atoms with Crippen LogP contribution in [0.1, 0.15) is 67.2 Å². The van der Waals surface area contributed by atoms with E-state index in [-0.39, 0.29) is 5.41 Å². The second-order valence-electron chi connectivity index (χ2n) is 9.42. The molecule has 0 saturated heterocycles. The number of Topliss-reactive ketones (excluding diaryl/α,β-unsaturated/α-hetero) is 1. The van der Waals surface area contributed by atoms with E-state index in [0.717, 1.165) is 31.4 Å². The Morgan fingerprint density at radius 1 is 1.07 bits per heavy atom. The predicted molar refractivity (Wildman–Crippen MR) is 112 cm³/mol. The summed E-state index contributed by atoms with van der Waals surface area (Å²) in [5.41, 5.74) is 5.43. The third-order valence-corrected chi connectivity index (χ3v) is 7.97. The molecule has 28 heavy (non-hydrogen) atoms. The lowest BCUT2D eigenvalue weighted by Crippen LogP contribution is -2.42. The van der Waals surface area contributed by atoms with Crippen LogP contribution >= 0.6 is 0 Å². The Hall–Kier alpha value is -2.09. The largest absolute Gasteiger partial charge is 0.489 e. The molecule has 3 aliphatic rings. The lowest BCUT2D eigenvalue weighted by Gasteiger charge is -2.48. The van der Waals surface area contributed by atoms with Crippen LogP contribution in [0.2, 0.25) is 0 Å². The molecule has 2 fully saturated rings. The van der Waals surface area contributed by atoms with Gasteiger partial charge >= 0.3 is 0 Å². The van der Waals surface area contributed by atoms with Crippen molar-refractivity contribution in [3.63, 3.8) is 0 Å². The fourth-order valence-corrected chi connectivity index (χ4v) is 6.37. The molecular weight excluding hydrogens is 344 g/mol. The molecule has 0 bridgehead atoms. The standard InChI is InChI=1S/C26H30O2/c1-17-14-22-19(15-24(17)28-16-18-6-4-3-5-7-18)8-9-21-20(22)12-13-26(2)23(21)10-11-25(26)27/h3-7,14-15,20-21,23H,8-13,16H2,1-2H3. The first-order valence-electron chi connectivity index (χ1n) is 10.9. The topological polar surface area (TPSA) is 26.3 Å². The zero-order chi connectivity index (χ0) is 19.3. The number of hydrogen-bond acceptors (Lipinski definition) is 2. The third kappa shape index (κ3) is 2.80. The molecule has 0 spiro atoms. The number of rotatable bonds is 3. The number of carbonyl (C=O) groups excluding carboxylic acids is 1. The number of aryl methyl sites for hydroxylation is 2. The van der Waals surface area contributed by atoms with E-state index in [1.54, 1.807) is 5.56 Å². The van der Waals surface area contributed by atoms with E-state index in [1.807, 2.05) is 6.07 Å². The average molecular weight is 375 g/mol. The normalized spacial score (nSPS) is 31.1. The van der Waals surface area contributed by atoms with Gasteiger partial charge in [0.05, 0.1) is 0 Å². The van der Waals surface area contributed by atoms with E-state index >= 15 is 0 Å². The van der Waals surface area contributed by atoms with Gasteiger partial charge in [-0.3, -0.25) is 4.79 Å². The fraction of sp³-hybridized carbons (Fsp3) is 0.500. The molecule has 5 rings (SSSR count). The summed E-state index contributed by atoms with van der Waals surface area (Å²) in [6.45, 7) is 5.05. The van der Waals surface area contributed by atoms with Gasteiger partial charge in [-0.1, -0.05) is 43.3 Å². The van der Waals surface area contributed by atoms with Gasteiger partial charge in [0.1, 0.15) is 18.1 Å². The highest BCUT2D eigenvalue weighted by molar-refractivity contribution is 5.87. The van der Waals surface area contributed by atoms with E-state index < -0.39 is 0 Å². The van der Waals surface area contributed by atoms with Gasteiger partial charge in [-0.25, -0.2) is 0 Å². The summed E-state index contributed by atoms with van der Waals surface area (Å²) in [4.78, 5) is 12.5. The van der Waals surface area contributed by atoms with Crippen LogP contribution in [0.15, 0.2) is 42.5 Å². The first kappa shape index (κ1) is 18.0. The molecule has 4 atom stereocenters. The van der Waals surface area contributed by atoms with Crippen molar-refractivity contribution in [2.75, 3.05) is 0 Å². The molecule has 0 aliphatic heterocycles. The van der Waals surface area contributed by atoms with Crippen LogP contribution in [0.4, 0.5) is 0 Å². The maximum Gasteiger partial charge on any atom is 0.139 e. The quantitative estimate of drug-likeness (QED) is 0.659.